The Morgan fingerprint density at radius 2 is 1.60 bits per heavy atom. The van der Waals surface area contributed by atoms with Crippen molar-refractivity contribution in [3.63, 3.8) is 0 Å². The zero-order valence-corrected chi connectivity index (χ0v) is 26.8. The third-order valence-electron chi connectivity index (χ3n) is 14.7. The minimum absolute atomic E-state index is 0.0271. The molecule has 2 N–H and O–H groups in total. The van der Waals surface area contributed by atoms with Crippen molar-refractivity contribution >= 4 is 5.97 Å². The van der Waals surface area contributed by atoms with Gasteiger partial charge in [0.2, 0.25) is 0 Å². The van der Waals surface area contributed by atoms with Gasteiger partial charge < -0.3 is 19.7 Å². The second-order valence-corrected chi connectivity index (χ2v) is 17.4. The second kappa shape index (κ2) is 9.18. The molecule has 0 amide bonds. The van der Waals surface area contributed by atoms with Gasteiger partial charge in [0.25, 0.3) is 0 Å². The van der Waals surface area contributed by atoms with Crippen LogP contribution < -0.4 is 0 Å². The molecule has 1 aliphatic heterocycles. The van der Waals surface area contributed by atoms with Gasteiger partial charge in [-0.25, -0.2) is 0 Å². The standard InChI is InChI=1S/C35H58O5/c1-19(2)16-26(37)40-28(20(3)4)22-17-21(5)27-29(39-22)30(38)33(9)24-11-10-23-31(6,7)25(36)12-13-34(23)18-35(24,34)15-14-32(27,33)8/h19-25,27-30,36,38H,10-18H2,1-9H3/t21-,22?,23+,24?,25?,27+,28-,29?,30+,32-,33-,34-,35+/m1/s1. The van der Waals surface area contributed by atoms with Gasteiger partial charge in [-0.1, -0.05) is 62.3 Å². The maximum Gasteiger partial charge on any atom is 0.306 e. The normalized spacial score (nSPS) is 53.1. The monoisotopic (exact) mass is 558 g/mol. The van der Waals surface area contributed by atoms with E-state index in [9.17, 15) is 15.0 Å². The van der Waals surface area contributed by atoms with Crippen LogP contribution in [0.2, 0.25) is 0 Å². The second-order valence-electron chi connectivity index (χ2n) is 17.4. The smallest absolute Gasteiger partial charge is 0.306 e. The number of carbonyl (C=O) groups excluding carboxylic acids is 1. The summed E-state index contributed by atoms with van der Waals surface area (Å²) in [5, 5.41) is 23.4. The lowest BCUT2D eigenvalue weighted by Crippen LogP contribution is -2.59. The Morgan fingerprint density at radius 1 is 0.950 bits per heavy atom. The van der Waals surface area contributed by atoms with Crippen molar-refractivity contribution in [2.45, 2.75) is 151 Å². The molecule has 6 aliphatic rings. The van der Waals surface area contributed by atoms with Crippen LogP contribution in [0.1, 0.15) is 120 Å². The van der Waals surface area contributed by atoms with Crippen LogP contribution in [0.15, 0.2) is 0 Å². The Hall–Kier alpha value is -0.650. The molecule has 0 radical (unpaired) electrons. The van der Waals surface area contributed by atoms with E-state index in [-0.39, 0.29) is 58.5 Å². The van der Waals surface area contributed by atoms with E-state index in [2.05, 4.69) is 48.5 Å². The number of esters is 1. The van der Waals surface area contributed by atoms with Gasteiger partial charge >= 0.3 is 5.97 Å². The number of hydrogen-bond acceptors (Lipinski definition) is 5. The Labute approximate surface area is 243 Å². The molecule has 1 saturated heterocycles. The number of carbonyl (C=O) groups is 1. The number of aliphatic hydroxyl groups is 2. The van der Waals surface area contributed by atoms with Crippen molar-refractivity contribution in [2.24, 2.45) is 62.6 Å². The molecule has 0 aromatic rings. The SMILES string of the molecule is CC(C)CC(=O)O[C@H](C(C)C)C1C[C@@H](C)[C@H]2C(O1)[C@H](O)[C@@]1(C)C3CC[C@H]4C(C)(C)C(O)CC[C@@]45C[C@@]35CC[C@]21C. The van der Waals surface area contributed by atoms with Gasteiger partial charge in [-0.05, 0) is 109 Å². The molecule has 5 saturated carbocycles. The van der Waals surface area contributed by atoms with Crippen LogP contribution in [-0.2, 0) is 14.3 Å². The van der Waals surface area contributed by atoms with Crippen molar-refractivity contribution in [1.29, 1.82) is 0 Å². The lowest BCUT2D eigenvalue weighted by molar-refractivity contribution is -0.197. The van der Waals surface area contributed by atoms with Gasteiger partial charge in [-0.15, -0.1) is 0 Å². The van der Waals surface area contributed by atoms with Crippen LogP contribution >= 0.6 is 0 Å². The zero-order valence-electron chi connectivity index (χ0n) is 26.8. The molecule has 40 heavy (non-hydrogen) atoms. The van der Waals surface area contributed by atoms with Gasteiger partial charge in [0.05, 0.1) is 24.4 Å². The lowest BCUT2D eigenvalue weighted by Gasteiger charge is -2.63. The molecule has 4 unspecified atom stereocenters. The summed E-state index contributed by atoms with van der Waals surface area (Å²) in [5.41, 5.74) is 0.462. The molecule has 228 valence electrons. The average Bonchev–Trinajstić information content (AvgIpc) is 3.49. The van der Waals surface area contributed by atoms with Gasteiger partial charge in [0.1, 0.15) is 6.10 Å². The highest BCUT2D eigenvalue weighted by Crippen LogP contribution is 2.89. The molecule has 2 spiro atoms. The number of rotatable bonds is 5. The minimum Gasteiger partial charge on any atom is -0.459 e. The highest BCUT2D eigenvalue weighted by Gasteiger charge is 2.84. The quantitative estimate of drug-likeness (QED) is 0.364. The van der Waals surface area contributed by atoms with E-state index >= 15 is 0 Å². The Kier molecular flexibility index (Phi) is 6.75. The first-order valence-electron chi connectivity index (χ1n) is 16.8. The fraction of sp³-hybridized carbons (Fsp3) is 0.971. The maximum absolute atomic E-state index is 12.7. The van der Waals surface area contributed by atoms with Crippen LogP contribution in [0.3, 0.4) is 0 Å². The van der Waals surface area contributed by atoms with E-state index in [1.165, 1.54) is 19.3 Å². The molecule has 0 aromatic carbocycles. The predicted octanol–water partition coefficient (Wildman–Crippen LogP) is 6.77. The van der Waals surface area contributed by atoms with Crippen LogP contribution in [0.4, 0.5) is 0 Å². The zero-order chi connectivity index (χ0) is 29.2. The summed E-state index contributed by atoms with van der Waals surface area (Å²) >= 11 is 0. The van der Waals surface area contributed by atoms with Gasteiger partial charge in [-0.3, -0.25) is 4.79 Å². The van der Waals surface area contributed by atoms with Gasteiger partial charge in [0.15, 0.2) is 0 Å². The fourth-order valence-corrected chi connectivity index (χ4v) is 12.7. The first-order valence-corrected chi connectivity index (χ1v) is 16.8. The summed E-state index contributed by atoms with van der Waals surface area (Å²) in [7, 11) is 0. The molecular weight excluding hydrogens is 500 g/mol. The van der Waals surface area contributed by atoms with E-state index in [0.717, 1.165) is 32.1 Å². The fourth-order valence-electron chi connectivity index (χ4n) is 12.7. The largest absolute Gasteiger partial charge is 0.459 e. The highest BCUT2D eigenvalue weighted by molar-refractivity contribution is 5.69. The summed E-state index contributed by atoms with van der Waals surface area (Å²) < 4.78 is 13.1. The molecule has 5 heteroatoms. The topological polar surface area (TPSA) is 76.0 Å². The van der Waals surface area contributed by atoms with E-state index < -0.39 is 6.10 Å². The van der Waals surface area contributed by atoms with Gasteiger partial charge in [-0.2, -0.15) is 0 Å². The van der Waals surface area contributed by atoms with Crippen molar-refractivity contribution in [3.8, 4) is 0 Å². The summed E-state index contributed by atoms with van der Waals surface area (Å²) in [6.07, 6.45) is 8.06. The van der Waals surface area contributed by atoms with Crippen LogP contribution in [0.25, 0.3) is 0 Å². The summed E-state index contributed by atoms with van der Waals surface area (Å²) in [6, 6.07) is 0. The third kappa shape index (κ3) is 3.58. The van der Waals surface area contributed by atoms with E-state index in [1.54, 1.807) is 0 Å². The molecule has 5 nitrogen and oxygen atoms in total. The van der Waals surface area contributed by atoms with Crippen molar-refractivity contribution in [3.05, 3.63) is 0 Å². The molecule has 6 rings (SSSR count). The van der Waals surface area contributed by atoms with Crippen LogP contribution in [-0.4, -0.2) is 46.7 Å². The Morgan fingerprint density at radius 3 is 2.25 bits per heavy atom. The molecule has 13 atom stereocenters. The Balaban J connectivity index is 1.30. The number of fused-ring (bicyclic) bond motifs is 4. The molecule has 5 aliphatic carbocycles. The number of hydrogen-bond donors (Lipinski definition) is 2. The number of ether oxygens (including phenoxy) is 2. The molecule has 0 bridgehead atoms. The minimum atomic E-state index is -0.509. The van der Waals surface area contributed by atoms with E-state index in [1.807, 2.05) is 13.8 Å². The first kappa shape index (κ1) is 29.4. The molecular formula is C35H58O5. The molecule has 1 heterocycles. The molecule has 0 aromatic heterocycles. The van der Waals surface area contributed by atoms with E-state index in [0.29, 0.717) is 40.9 Å². The van der Waals surface area contributed by atoms with Crippen molar-refractivity contribution < 1.29 is 24.5 Å². The highest BCUT2D eigenvalue weighted by atomic mass is 16.6. The predicted molar refractivity (Wildman–Crippen MR) is 156 cm³/mol. The average molecular weight is 559 g/mol. The summed E-state index contributed by atoms with van der Waals surface area (Å²) in [4.78, 5) is 12.7. The Bertz CT molecular complexity index is 1020. The van der Waals surface area contributed by atoms with Gasteiger partial charge in [0, 0.05) is 11.8 Å². The van der Waals surface area contributed by atoms with Crippen molar-refractivity contribution in [2.75, 3.05) is 0 Å². The third-order valence-corrected chi connectivity index (χ3v) is 14.7. The lowest BCUT2D eigenvalue weighted by atomic mass is 9.41. The van der Waals surface area contributed by atoms with Crippen LogP contribution in [0, 0.1) is 62.6 Å². The molecule has 6 fully saturated rings. The summed E-state index contributed by atoms with van der Waals surface area (Å²) in [6.45, 7) is 20.3. The maximum atomic E-state index is 12.7. The first-order chi connectivity index (χ1) is 18.6. The summed E-state index contributed by atoms with van der Waals surface area (Å²) in [5.74, 6) is 2.09. The van der Waals surface area contributed by atoms with Crippen molar-refractivity contribution in [1.82, 2.24) is 0 Å². The number of aliphatic hydroxyl groups excluding tert-OH is 2. The van der Waals surface area contributed by atoms with E-state index in [4.69, 9.17) is 9.47 Å². The van der Waals surface area contributed by atoms with Crippen LogP contribution in [0.5, 0.6) is 0 Å².